The van der Waals surface area contributed by atoms with E-state index in [-0.39, 0.29) is 18.7 Å². The maximum atomic E-state index is 12.3. The lowest BCUT2D eigenvalue weighted by atomic mass is 10.2. The third kappa shape index (κ3) is 7.14. The number of rotatable bonds is 9. The van der Waals surface area contributed by atoms with Crippen molar-refractivity contribution >= 4 is 23.4 Å². The van der Waals surface area contributed by atoms with Crippen molar-refractivity contribution in [2.75, 3.05) is 31.6 Å². The van der Waals surface area contributed by atoms with Gasteiger partial charge in [0.2, 0.25) is 0 Å². The summed E-state index contributed by atoms with van der Waals surface area (Å²) < 4.78 is 22.2. The molecule has 8 nitrogen and oxygen atoms in total. The molecule has 0 saturated carbocycles. The van der Waals surface area contributed by atoms with Gasteiger partial charge in [0, 0.05) is 30.2 Å². The van der Waals surface area contributed by atoms with Crippen LogP contribution in [0.5, 0.6) is 17.4 Å². The molecule has 9 heteroatoms. The second kappa shape index (κ2) is 11.5. The molecule has 2 unspecified atom stereocenters. The van der Waals surface area contributed by atoms with E-state index < -0.39 is 12.2 Å². The monoisotopic (exact) mass is 500 g/mol. The second-order valence-electron chi connectivity index (χ2n) is 8.61. The van der Waals surface area contributed by atoms with Crippen molar-refractivity contribution in [3.8, 4) is 17.4 Å². The minimum absolute atomic E-state index is 0.0562. The van der Waals surface area contributed by atoms with E-state index in [4.69, 9.17) is 30.2 Å². The number of carbonyl (C=O) groups excluding carboxylic acids is 1. The Morgan fingerprint density at radius 1 is 1.23 bits per heavy atom. The van der Waals surface area contributed by atoms with Crippen LogP contribution in [-0.2, 0) is 0 Å². The summed E-state index contributed by atoms with van der Waals surface area (Å²) in [5.74, 6) is 1.37. The largest absolute Gasteiger partial charge is 0.489 e. The molecule has 4 rings (SSSR count). The zero-order valence-corrected chi connectivity index (χ0v) is 20.5. The van der Waals surface area contributed by atoms with E-state index in [0.717, 1.165) is 30.8 Å². The lowest BCUT2D eigenvalue weighted by molar-refractivity contribution is 0.0722. The quantitative estimate of drug-likeness (QED) is 0.424. The highest BCUT2D eigenvalue weighted by molar-refractivity contribution is 6.30. The number of anilines is 1. The van der Waals surface area contributed by atoms with Crippen LogP contribution in [-0.4, -0.2) is 54.5 Å². The van der Waals surface area contributed by atoms with Gasteiger partial charge in [-0.25, -0.2) is 4.79 Å². The Bertz CT molecular complexity index is 1130. The molecule has 2 aromatic carbocycles. The van der Waals surface area contributed by atoms with Crippen LogP contribution < -0.4 is 19.5 Å². The summed E-state index contributed by atoms with van der Waals surface area (Å²) in [4.78, 5) is 14.4. The van der Waals surface area contributed by atoms with Gasteiger partial charge in [0.25, 0.3) is 5.95 Å². The molecule has 1 amide bonds. The molecule has 1 aliphatic rings. The number of aliphatic hydroxyl groups is 1. The van der Waals surface area contributed by atoms with E-state index in [2.05, 4.69) is 10.2 Å². The number of hydrogen-bond acceptors (Lipinski definition) is 7. The van der Waals surface area contributed by atoms with E-state index in [0.29, 0.717) is 28.6 Å². The number of ether oxygens (including phenoxy) is 3. The first-order valence-electron chi connectivity index (χ1n) is 11.4. The number of benzene rings is 2. The number of hydrogen-bond donors (Lipinski definition) is 2. The molecule has 1 saturated heterocycles. The van der Waals surface area contributed by atoms with E-state index >= 15 is 0 Å². The van der Waals surface area contributed by atoms with Crippen molar-refractivity contribution in [2.24, 2.45) is 0 Å². The van der Waals surface area contributed by atoms with Gasteiger partial charge < -0.3 is 23.7 Å². The van der Waals surface area contributed by atoms with Gasteiger partial charge >= 0.3 is 6.09 Å². The number of nitrogens with zero attached hydrogens (tertiary/aromatic N) is 1. The summed E-state index contributed by atoms with van der Waals surface area (Å²) in [6.45, 7) is 5.76. The summed E-state index contributed by atoms with van der Waals surface area (Å²) >= 11 is 5.93. The molecule has 3 aromatic rings. The average Bonchev–Trinajstić information content (AvgIpc) is 3.43. The highest BCUT2D eigenvalue weighted by Gasteiger charge is 2.26. The Balaban J connectivity index is 1.26. The standard InChI is InChI=1S/C26H29ClN2O6/c1-17-3-8-23(28-26(31)35-25-18(2)10-12-32-25)24(13-17)33-16-20(30)14-29-11-9-22(15-29)34-21-6-4-19(27)5-7-21/h3-8,10,12-13,20,22,30H,9,11,14-16H2,1-2H3,(H,28,31). The molecule has 0 radical (unpaired) electrons. The predicted octanol–water partition coefficient (Wildman–Crippen LogP) is 5.05. The van der Waals surface area contributed by atoms with E-state index in [1.807, 2.05) is 25.1 Å². The summed E-state index contributed by atoms with van der Waals surface area (Å²) in [6, 6.07) is 14.4. The average molecular weight is 501 g/mol. The highest BCUT2D eigenvalue weighted by Crippen LogP contribution is 2.27. The zero-order chi connectivity index (χ0) is 24.8. The van der Waals surface area contributed by atoms with Gasteiger partial charge in [0.05, 0.1) is 12.0 Å². The van der Waals surface area contributed by atoms with Crippen LogP contribution in [0.15, 0.2) is 59.2 Å². The Kier molecular flexibility index (Phi) is 8.17. The van der Waals surface area contributed by atoms with E-state index in [1.54, 1.807) is 37.3 Å². The fourth-order valence-corrected chi connectivity index (χ4v) is 3.96. The summed E-state index contributed by atoms with van der Waals surface area (Å²) in [5, 5.41) is 13.9. The molecule has 2 N–H and O–H groups in total. The Morgan fingerprint density at radius 3 is 2.77 bits per heavy atom. The van der Waals surface area contributed by atoms with Crippen LogP contribution in [0.3, 0.4) is 0 Å². The van der Waals surface area contributed by atoms with Gasteiger partial charge in [0.15, 0.2) is 0 Å². The van der Waals surface area contributed by atoms with Crippen molar-refractivity contribution in [2.45, 2.75) is 32.5 Å². The molecule has 1 fully saturated rings. The first kappa shape index (κ1) is 24.9. The Labute approximate surface area is 209 Å². The normalized spacial score (nSPS) is 16.6. The summed E-state index contributed by atoms with van der Waals surface area (Å²) in [5.41, 5.74) is 2.11. The van der Waals surface area contributed by atoms with Gasteiger partial charge in [-0.1, -0.05) is 17.7 Å². The minimum atomic E-state index is -0.713. The molecular formula is C26H29ClN2O6. The zero-order valence-electron chi connectivity index (χ0n) is 19.7. The number of nitrogens with one attached hydrogen (secondary N) is 1. The molecular weight excluding hydrogens is 472 g/mol. The molecule has 2 heterocycles. The second-order valence-corrected chi connectivity index (χ2v) is 9.05. The summed E-state index contributed by atoms with van der Waals surface area (Å²) in [7, 11) is 0. The molecule has 0 spiro atoms. The van der Waals surface area contributed by atoms with Crippen LogP contribution in [0.2, 0.25) is 5.02 Å². The predicted molar refractivity (Wildman–Crippen MR) is 133 cm³/mol. The topological polar surface area (TPSA) is 93.4 Å². The Hall–Kier alpha value is -3.20. The highest BCUT2D eigenvalue weighted by atomic mass is 35.5. The lowest BCUT2D eigenvalue weighted by Crippen LogP contribution is -2.35. The fraction of sp³-hybridized carbons (Fsp3) is 0.346. The smallest absolute Gasteiger partial charge is 0.419 e. The number of likely N-dealkylation sites (tertiary alicyclic amines) is 1. The van der Waals surface area contributed by atoms with Crippen molar-refractivity contribution in [1.29, 1.82) is 0 Å². The van der Waals surface area contributed by atoms with Crippen LogP contribution in [0, 0.1) is 13.8 Å². The molecule has 186 valence electrons. The number of halogens is 1. The number of furan rings is 1. The Morgan fingerprint density at radius 2 is 2.03 bits per heavy atom. The van der Waals surface area contributed by atoms with Gasteiger partial charge in [-0.3, -0.25) is 10.2 Å². The maximum absolute atomic E-state index is 12.3. The third-order valence-electron chi connectivity index (χ3n) is 5.62. The number of carbonyl (C=O) groups is 1. The maximum Gasteiger partial charge on any atom is 0.419 e. The third-order valence-corrected chi connectivity index (χ3v) is 5.87. The SMILES string of the molecule is Cc1ccc(NC(=O)Oc2occc2C)c(OCC(O)CN2CCC(Oc3ccc(Cl)cc3)C2)c1. The lowest BCUT2D eigenvalue weighted by Gasteiger charge is -2.21. The van der Waals surface area contributed by atoms with Gasteiger partial charge in [-0.05, 0) is 68.3 Å². The van der Waals surface area contributed by atoms with Gasteiger partial charge in [-0.15, -0.1) is 0 Å². The van der Waals surface area contributed by atoms with Gasteiger partial charge in [0.1, 0.15) is 30.3 Å². The van der Waals surface area contributed by atoms with E-state index in [9.17, 15) is 9.90 Å². The van der Waals surface area contributed by atoms with Crippen LogP contribution >= 0.6 is 11.6 Å². The van der Waals surface area contributed by atoms with Gasteiger partial charge in [-0.2, -0.15) is 0 Å². The van der Waals surface area contributed by atoms with Crippen molar-refractivity contribution in [3.63, 3.8) is 0 Å². The van der Waals surface area contributed by atoms with Crippen LogP contribution in [0.1, 0.15) is 17.5 Å². The van der Waals surface area contributed by atoms with Crippen molar-refractivity contribution in [3.05, 3.63) is 70.9 Å². The van der Waals surface area contributed by atoms with Crippen LogP contribution in [0.25, 0.3) is 0 Å². The minimum Gasteiger partial charge on any atom is -0.489 e. The van der Waals surface area contributed by atoms with Crippen LogP contribution in [0.4, 0.5) is 10.5 Å². The van der Waals surface area contributed by atoms with Crippen molar-refractivity contribution < 1.29 is 28.5 Å². The fourth-order valence-electron chi connectivity index (χ4n) is 3.84. The van der Waals surface area contributed by atoms with Crippen molar-refractivity contribution in [1.82, 2.24) is 4.90 Å². The number of aliphatic hydroxyl groups excluding tert-OH is 1. The first-order valence-corrected chi connectivity index (χ1v) is 11.8. The molecule has 1 aliphatic heterocycles. The summed E-state index contributed by atoms with van der Waals surface area (Å²) in [6.07, 6.45) is 0.975. The molecule has 0 aliphatic carbocycles. The van der Waals surface area contributed by atoms with E-state index in [1.165, 1.54) is 6.26 Å². The molecule has 2 atom stereocenters. The first-order chi connectivity index (χ1) is 16.9. The number of amides is 1. The molecule has 35 heavy (non-hydrogen) atoms. The molecule has 0 bridgehead atoms. The number of β-amino-alcohol motifs (C(OH)–C–C–N with tert-alkyl or cyclic N) is 1. The number of aryl methyl sites for hydroxylation is 2. The molecule has 1 aromatic heterocycles.